The summed E-state index contributed by atoms with van der Waals surface area (Å²) in [4.78, 5) is 18.3. The van der Waals surface area contributed by atoms with Gasteiger partial charge in [-0.05, 0) is 36.0 Å². The van der Waals surface area contributed by atoms with Gasteiger partial charge in [-0.25, -0.2) is 13.8 Å². The van der Waals surface area contributed by atoms with E-state index in [-0.39, 0.29) is 11.6 Å². The molecule has 2 aromatic carbocycles. The number of ether oxygens (including phenoxy) is 1. The van der Waals surface area contributed by atoms with Crippen molar-refractivity contribution in [3.8, 4) is 5.75 Å². The lowest BCUT2D eigenvalue weighted by Gasteiger charge is -2.07. The third kappa shape index (κ3) is 3.56. The summed E-state index contributed by atoms with van der Waals surface area (Å²) in [5.41, 5.74) is 0.727. The van der Waals surface area contributed by atoms with Crippen molar-refractivity contribution in [2.45, 2.75) is 0 Å². The zero-order valence-corrected chi connectivity index (χ0v) is 14.3. The number of hydrogen-bond acceptors (Lipinski definition) is 4. The Morgan fingerprint density at radius 2 is 1.96 bits per heavy atom. The number of carbonyl (C=O) groups excluding carboxylic acids is 1. The normalized spacial score (nSPS) is 17.6. The van der Waals surface area contributed by atoms with Crippen molar-refractivity contribution in [2.24, 2.45) is 4.99 Å². The van der Waals surface area contributed by atoms with Crippen LogP contribution in [0.15, 0.2) is 52.4 Å². The van der Waals surface area contributed by atoms with Crippen molar-refractivity contribution >= 4 is 34.6 Å². The molecule has 0 radical (unpaired) electrons. The van der Waals surface area contributed by atoms with Crippen LogP contribution in [-0.2, 0) is 4.79 Å². The maximum atomic E-state index is 13.8. The highest BCUT2D eigenvalue weighted by Crippen LogP contribution is 2.35. The second kappa shape index (κ2) is 7.06. The number of amidine groups is 1. The summed E-state index contributed by atoms with van der Waals surface area (Å²) in [5, 5.41) is 0.316. The molecule has 0 spiro atoms. The Bertz CT molecular complexity index is 896. The lowest BCUT2D eigenvalue weighted by molar-refractivity contribution is -0.121. The fraction of sp³-hybridized carbons (Fsp3) is 0.111. The van der Waals surface area contributed by atoms with Crippen molar-refractivity contribution < 1.29 is 18.3 Å². The van der Waals surface area contributed by atoms with Crippen LogP contribution in [0.5, 0.6) is 5.75 Å². The number of hydrogen-bond donors (Lipinski definition) is 0. The first-order valence-corrected chi connectivity index (χ1v) is 8.15. The smallest absolute Gasteiger partial charge is 0.266 e. The predicted octanol–water partition coefficient (Wildman–Crippen LogP) is 4.21. The third-order valence-electron chi connectivity index (χ3n) is 3.55. The maximum absolute atomic E-state index is 13.8. The molecule has 4 nitrogen and oxygen atoms in total. The molecule has 0 bridgehead atoms. The Morgan fingerprint density at radius 3 is 2.68 bits per heavy atom. The van der Waals surface area contributed by atoms with Gasteiger partial charge in [0.15, 0.2) is 11.0 Å². The number of halogens is 2. The lowest BCUT2D eigenvalue weighted by Crippen LogP contribution is -2.23. The minimum absolute atomic E-state index is 0.0258. The minimum atomic E-state index is -0.781. The van der Waals surface area contributed by atoms with E-state index >= 15 is 0 Å². The summed E-state index contributed by atoms with van der Waals surface area (Å²) in [7, 11) is 3.11. The molecule has 1 saturated heterocycles. The molecule has 3 rings (SSSR count). The summed E-state index contributed by atoms with van der Waals surface area (Å²) in [6.45, 7) is 0. The number of amides is 1. The van der Waals surface area contributed by atoms with Gasteiger partial charge in [0.2, 0.25) is 0 Å². The van der Waals surface area contributed by atoms with E-state index in [2.05, 4.69) is 4.99 Å². The molecule has 0 unspecified atom stereocenters. The molecular formula is C18H14F2N2O2S. The number of thioether (sulfide) groups is 1. The van der Waals surface area contributed by atoms with Crippen LogP contribution in [0.3, 0.4) is 0 Å². The van der Waals surface area contributed by atoms with E-state index in [1.165, 1.54) is 11.0 Å². The van der Waals surface area contributed by atoms with Crippen molar-refractivity contribution in [2.75, 3.05) is 14.2 Å². The van der Waals surface area contributed by atoms with E-state index in [1.807, 2.05) is 18.2 Å². The number of likely N-dealkylation sites (N-methyl/N-ethyl adjacent to an activating group) is 1. The number of carbonyl (C=O) groups is 1. The van der Waals surface area contributed by atoms with E-state index in [0.717, 1.165) is 29.5 Å². The molecule has 0 atom stereocenters. The number of nitrogens with zero attached hydrogens (tertiary/aromatic N) is 2. The minimum Gasteiger partial charge on any atom is -0.496 e. The first kappa shape index (κ1) is 17.2. The van der Waals surface area contributed by atoms with Crippen LogP contribution in [-0.4, -0.2) is 30.1 Å². The quantitative estimate of drug-likeness (QED) is 0.770. The number of benzene rings is 2. The van der Waals surface area contributed by atoms with Gasteiger partial charge in [0, 0.05) is 18.7 Å². The Morgan fingerprint density at radius 1 is 1.20 bits per heavy atom. The SMILES string of the molecule is COc1ccccc1/C=C1\SC(=Nc2ccc(F)cc2F)N(C)C1=O. The van der Waals surface area contributed by atoms with Gasteiger partial charge < -0.3 is 4.74 Å². The van der Waals surface area contributed by atoms with E-state index in [0.29, 0.717) is 15.8 Å². The molecule has 1 aliphatic heterocycles. The molecule has 7 heteroatoms. The zero-order chi connectivity index (χ0) is 18.0. The summed E-state index contributed by atoms with van der Waals surface area (Å²) in [6.07, 6.45) is 1.70. The molecule has 1 aliphatic rings. The predicted molar refractivity (Wildman–Crippen MR) is 94.8 cm³/mol. The summed E-state index contributed by atoms with van der Waals surface area (Å²) >= 11 is 1.12. The maximum Gasteiger partial charge on any atom is 0.266 e. The van der Waals surface area contributed by atoms with Gasteiger partial charge in [0.25, 0.3) is 5.91 Å². The first-order chi connectivity index (χ1) is 12.0. The van der Waals surface area contributed by atoms with Crippen LogP contribution in [0.25, 0.3) is 6.08 Å². The second-order valence-electron chi connectivity index (χ2n) is 5.21. The zero-order valence-electron chi connectivity index (χ0n) is 13.5. The first-order valence-electron chi connectivity index (χ1n) is 7.34. The fourth-order valence-electron chi connectivity index (χ4n) is 2.25. The highest BCUT2D eigenvalue weighted by molar-refractivity contribution is 8.18. The molecule has 1 fully saturated rings. The molecule has 0 saturated carbocycles. The van der Waals surface area contributed by atoms with E-state index < -0.39 is 11.6 Å². The number of aliphatic imine (C=N–C) groups is 1. The van der Waals surface area contributed by atoms with Crippen LogP contribution in [0, 0.1) is 11.6 Å². The molecule has 2 aromatic rings. The number of rotatable bonds is 3. The van der Waals surface area contributed by atoms with Crippen LogP contribution >= 0.6 is 11.8 Å². The van der Waals surface area contributed by atoms with Gasteiger partial charge in [0.05, 0.1) is 12.0 Å². The van der Waals surface area contributed by atoms with Crippen LogP contribution in [0.4, 0.5) is 14.5 Å². The van der Waals surface area contributed by atoms with E-state index in [1.54, 1.807) is 26.3 Å². The molecule has 25 heavy (non-hydrogen) atoms. The molecule has 0 aliphatic carbocycles. The van der Waals surface area contributed by atoms with Gasteiger partial charge in [0.1, 0.15) is 17.3 Å². The number of methoxy groups -OCH3 is 1. The summed E-state index contributed by atoms with van der Waals surface area (Å²) in [5.74, 6) is -1.07. The van der Waals surface area contributed by atoms with Gasteiger partial charge in [-0.15, -0.1) is 0 Å². The van der Waals surface area contributed by atoms with Crippen molar-refractivity contribution in [1.29, 1.82) is 0 Å². The monoisotopic (exact) mass is 360 g/mol. The fourth-order valence-corrected chi connectivity index (χ4v) is 3.22. The van der Waals surface area contributed by atoms with Crippen molar-refractivity contribution in [3.05, 3.63) is 64.6 Å². The largest absolute Gasteiger partial charge is 0.496 e. The van der Waals surface area contributed by atoms with E-state index in [9.17, 15) is 13.6 Å². The number of para-hydroxylation sites is 1. The molecule has 0 N–H and O–H groups in total. The van der Waals surface area contributed by atoms with Crippen LogP contribution in [0.2, 0.25) is 0 Å². The molecule has 0 aromatic heterocycles. The molecule has 128 valence electrons. The van der Waals surface area contributed by atoms with Gasteiger partial charge in [-0.2, -0.15) is 0 Å². The van der Waals surface area contributed by atoms with Crippen LogP contribution < -0.4 is 4.74 Å². The Balaban J connectivity index is 1.94. The van der Waals surface area contributed by atoms with Crippen LogP contribution in [0.1, 0.15) is 5.56 Å². The van der Waals surface area contributed by atoms with Crippen molar-refractivity contribution in [1.82, 2.24) is 4.90 Å². The molecular weight excluding hydrogens is 346 g/mol. The Hall–Kier alpha value is -2.67. The van der Waals surface area contributed by atoms with Gasteiger partial charge >= 0.3 is 0 Å². The topological polar surface area (TPSA) is 41.9 Å². The highest BCUT2D eigenvalue weighted by atomic mass is 32.2. The third-order valence-corrected chi connectivity index (χ3v) is 4.62. The van der Waals surface area contributed by atoms with Gasteiger partial charge in [-0.3, -0.25) is 9.69 Å². The second-order valence-corrected chi connectivity index (χ2v) is 6.22. The Labute approximate surface area is 147 Å². The lowest BCUT2D eigenvalue weighted by atomic mass is 10.2. The summed E-state index contributed by atoms with van der Waals surface area (Å²) < 4.78 is 32.0. The molecule has 1 amide bonds. The van der Waals surface area contributed by atoms with Crippen molar-refractivity contribution in [3.63, 3.8) is 0 Å². The molecule has 1 heterocycles. The standard InChI is InChI=1S/C18H14F2N2O2S/c1-22-17(23)16(9-11-5-3-4-6-15(11)24-2)25-18(22)21-14-8-7-12(19)10-13(14)20/h3-10H,1-2H3/b16-9-,21-18?. The van der Waals surface area contributed by atoms with E-state index in [4.69, 9.17) is 4.74 Å². The summed E-state index contributed by atoms with van der Waals surface area (Å²) in [6, 6.07) is 10.4. The highest BCUT2D eigenvalue weighted by Gasteiger charge is 2.30. The average molecular weight is 360 g/mol. The Kier molecular flexibility index (Phi) is 4.85. The average Bonchev–Trinajstić information content (AvgIpc) is 2.86. The van der Waals surface area contributed by atoms with Gasteiger partial charge in [-0.1, -0.05) is 18.2 Å².